The fourth-order valence-electron chi connectivity index (χ4n) is 2.19. The van der Waals surface area contributed by atoms with Crippen molar-refractivity contribution in [3.8, 4) is 0 Å². The zero-order valence-corrected chi connectivity index (χ0v) is 11.5. The minimum absolute atomic E-state index is 0.158. The molecule has 0 aromatic carbocycles. The molecule has 1 aliphatic heterocycles. The molecule has 1 amide bonds. The lowest BCUT2D eigenvalue weighted by Crippen LogP contribution is -2.50. The largest absolute Gasteiger partial charge is 0.401 e. The molecule has 1 N–H and O–H groups in total. The highest BCUT2D eigenvalue weighted by Gasteiger charge is 2.35. The van der Waals surface area contributed by atoms with E-state index in [1.165, 1.54) is 9.80 Å². The highest BCUT2D eigenvalue weighted by Crippen LogP contribution is 2.21. The third-order valence-electron chi connectivity index (χ3n) is 3.45. The number of alkyl halides is 3. The molecule has 0 aliphatic carbocycles. The van der Waals surface area contributed by atoms with Crippen LogP contribution < -0.4 is 5.32 Å². The first-order chi connectivity index (χ1) is 8.83. The summed E-state index contributed by atoms with van der Waals surface area (Å²) in [6, 6.07) is -0.169. The Morgan fingerprint density at radius 1 is 1.32 bits per heavy atom. The second-order valence-corrected chi connectivity index (χ2v) is 4.91. The predicted molar refractivity (Wildman–Crippen MR) is 66.8 cm³/mol. The molecule has 7 heteroatoms. The molecule has 1 saturated heterocycles. The van der Waals surface area contributed by atoms with Gasteiger partial charge in [0.25, 0.3) is 0 Å². The van der Waals surface area contributed by atoms with Gasteiger partial charge in [-0.05, 0) is 32.9 Å². The summed E-state index contributed by atoms with van der Waals surface area (Å²) in [5.41, 5.74) is 0. The number of likely N-dealkylation sites (N-methyl/N-ethyl adjacent to an activating group) is 1. The van der Waals surface area contributed by atoms with Crippen LogP contribution in [0.15, 0.2) is 0 Å². The lowest BCUT2D eigenvalue weighted by atomic mass is 10.0. The number of nitrogens with zero attached hydrogens (tertiary/aromatic N) is 2. The maximum atomic E-state index is 12.6. The van der Waals surface area contributed by atoms with Crippen LogP contribution in [0.4, 0.5) is 13.2 Å². The molecular weight excluding hydrogens is 259 g/mol. The van der Waals surface area contributed by atoms with Crippen molar-refractivity contribution in [3.05, 3.63) is 0 Å². The number of hydrogen-bond acceptors (Lipinski definition) is 3. The van der Waals surface area contributed by atoms with Crippen molar-refractivity contribution in [1.29, 1.82) is 0 Å². The molecule has 0 atom stereocenters. The molecule has 1 fully saturated rings. The highest BCUT2D eigenvalue weighted by molar-refractivity contribution is 5.78. The van der Waals surface area contributed by atoms with Crippen molar-refractivity contribution in [1.82, 2.24) is 15.1 Å². The summed E-state index contributed by atoms with van der Waals surface area (Å²) in [6.45, 7) is 2.55. The third kappa shape index (κ3) is 5.78. The highest BCUT2D eigenvalue weighted by atomic mass is 19.4. The Labute approximate surface area is 111 Å². The van der Waals surface area contributed by atoms with Gasteiger partial charge in [0.1, 0.15) is 0 Å². The van der Waals surface area contributed by atoms with Crippen LogP contribution in [-0.2, 0) is 4.79 Å². The summed E-state index contributed by atoms with van der Waals surface area (Å²) >= 11 is 0. The maximum Gasteiger partial charge on any atom is 0.401 e. The van der Waals surface area contributed by atoms with Crippen LogP contribution in [0.3, 0.4) is 0 Å². The van der Waals surface area contributed by atoms with E-state index in [0.717, 1.165) is 0 Å². The second kappa shape index (κ2) is 7.09. The molecule has 1 aliphatic rings. The molecule has 112 valence electrons. The number of amides is 1. The van der Waals surface area contributed by atoms with Crippen LogP contribution in [0, 0.1) is 0 Å². The molecule has 0 saturated carbocycles. The Balaban J connectivity index is 2.65. The monoisotopic (exact) mass is 281 g/mol. The minimum Gasteiger partial charge on any atom is -0.345 e. The van der Waals surface area contributed by atoms with E-state index in [2.05, 4.69) is 5.32 Å². The number of carbonyl (C=O) groups excluding carboxylic acids is 1. The number of piperidine rings is 1. The molecule has 0 spiro atoms. The summed E-state index contributed by atoms with van der Waals surface area (Å²) in [5, 5.41) is 3.12. The average molecular weight is 281 g/mol. The van der Waals surface area contributed by atoms with Crippen molar-refractivity contribution in [2.75, 3.05) is 39.8 Å². The number of rotatable bonds is 5. The second-order valence-electron chi connectivity index (χ2n) is 4.91. The molecule has 19 heavy (non-hydrogen) atoms. The van der Waals surface area contributed by atoms with E-state index in [1.54, 1.807) is 14.0 Å². The summed E-state index contributed by atoms with van der Waals surface area (Å²) in [7, 11) is 1.61. The fourth-order valence-corrected chi connectivity index (χ4v) is 2.19. The zero-order valence-electron chi connectivity index (χ0n) is 11.5. The van der Waals surface area contributed by atoms with Gasteiger partial charge in [0.15, 0.2) is 0 Å². The summed E-state index contributed by atoms with van der Waals surface area (Å²) in [4.78, 5) is 14.5. The Kier molecular flexibility index (Phi) is 6.06. The number of nitrogens with one attached hydrogen (secondary N) is 1. The minimum atomic E-state index is -4.27. The van der Waals surface area contributed by atoms with Crippen LogP contribution in [0.5, 0.6) is 0 Å². The summed E-state index contributed by atoms with van der Waals surface area (Å²) in [5.74, 6) is -0.259. The van der Waals surface area contributed by atoms with Gasteiger partial charge in [0.2, 0.25) is 5.91 Å². The van der Waals surface area contributed by atoms with Gasteiger partial charge in [0.05, 0.1) is 13.1 Å². The lowest BCUT2D eigenvalue weighted by molar-refractivity contribution is -0.156. The van der Waals surface area contributed by atoms with Gasteiger partial charge in [-0.3, -0.25) is 9.69 Å². The van der Waals surface area contributed by atoms with Crippen molar-refractivity contribution in [3.63, 3.8) is 0 Å². The third-order valence-corrected chi connectivity index (χ3v) is 3.45. The maximum absolute atomic E-state index is 12.6. The molecule has 4 nitrogen and oxygen atoms in total. The normalized spacial score (nSPS) is 17.8. The van der Waals surface area contributed by atoms with Gasteiger partial charge >= 0.3 is 6.18 Å². The molecule has 0 aromatic rings. The van der Waals surface area contributed by atoms with Gasteiger partial charge in [-0.25, -0.2) is 0 Å². The van der Waals surface area contributed by atoms with Gasteiger partial charge < -0.3 is 10.2 Å². The van der Waals surface area contributed by atoms with Crippen LogP contribution in [0.25, 0.3) is 0 Å². The molecule has 0 aromatic heterocycles. The summed E-state index contributed by atoms with van der Waals surface area (Å²) in [6.07, 6.45) is -2.96. The fraction of sp³-hybridized carbons (Fsp3) is 0.917. The first-order valence-electron chi connectivity index (χ1n) is 6.59. The average Bonchev–Trinajstić information content (AvgIpc) is 2.36. The van der Waals surface area contributed by atoms with Gasteiger partial charge in [-0.1, -0.05) is 0 Å². The first kappa shape index (κ1) is 16.2. The van der Waals surface area contributed by atoms with Crippen molar-refractivity contribution >= 4 is 5.91 Å². The van der Waals surface area contributed by atoms with E-state index in [4.69, 9.17) is 0 Å². The van der Waals surface area contributed by atoms with E-state index in [-0.39, 0.29) is 18.5 Å². The molecular formula is C12H22F3N3O. The van der Waals surface area contributed by atoms with Crippen LogP contribution >= 0.6 is 0 Å². The van der Waals surface area contributed by atoms with Gasteiger partial charge in [-0.15, -0.1) is 0 Å². The lowest BCUT2D eigenvalue weighted by Gasteiger charge is -2.35. The van der Waals surface area contributed by atoms with Crippen LogP contribution in [0.1, 0.15) is 19.8 Å². The Hall–Kier alpha value is -0.820. The Morgan fingerprint density at radius 3 is 2.37 bits per heavy atom. The van der Waals surface area contributed by atoms with E-state index >= 15 is 0 Å². The van der Waals surface area contributed by atoms with Crippen LogP contribution in [0.2, 0.25) is 0 Å². The number of hydrogen-bond donors (Lipinski definition) is 1. The predicted octanol–water partition coefficient (Wildman–Crippen LogP) is 1.08. The summed E-state index contributed by atoms with van der Waals surface area (Å²) < 4.78 is 37.8. The molecule has 1 heterocycles. The van der Waals surface area contributed by atoms with E-state index < -0.39 is 12.7 Å². The van der Waals surface area contributed by atoms with E-state index in [1.807, 2.05) is 0 Å². The van der Waals surface area contributed by atoms with Gasteiger partial charge in [0, 0.05) is 19.6 Å². The zero-order chi connectivity index (χ0) is 14.5. The number of halogens is 3. The number of carbonyl (C=O) groups is 1. The van der Waals surface area contributed by atoms with E-state index in [9.17, 15) is 18.0 Å². The SMILES string of the molecule is CCN(C)C(=O)CN(CC(F)(F)F)C1CCNCC1. The van der Waals surface area contributed by atoms with Crippen LogP contribution in [-0.4, -0.2) is 67.7 Å². The van der Waals surface area contributed by atoms with Gasteiger partial charge in [-0.2, -0.15) is 13.2 Å². The Bertz CT molecular complexity index is 290. The van der Waals surface area contributed by atoms with Crippen molar-refractivity contribution < 1.29 is 18.0 Å². The molecule has 0 radical (unpaired) electrons. The quantitative estimate of drug-likeness (QED) is 0.819. The molecule has 0 unspecified atom stereocenters. The first-order valence-corrected chi connectivity index (χ1v) is 6.59. The van der Waals surface area contributed by atoms with E-state index in [0.29, 0.717) is 32.5 Å². The smallest absolute Gasteiger partial charge is 0.345 e. The molecule has 1 rings (SSSR count). The Morgan fingerprint density at radius 2 is 1.89 bits per heavy atom. The standard InChI is InChI=1S/C12H22F3N3O/c1-3-17(2)11(19)8-18(9-12(13,14)15)10-4-6-16-7-5-10/h10,16H,3-9H2,1-2H3. The van der Waals surface area contributed by atoms with Crippen molar-refractivity contribution in [2.45, 2.75) is 32.0 Å². The molecule has 0 bridgehead atoms. The topological polar surface area (TPSA) is 35.6 Å². The van der Waals surface area contributed by atoms with Crippen molar-refractivity contribution in [2.24, 2.45) is 0 Å².